The van der Waals surface area contributed by atoms with Crippen molar-refractivity contribution in [1.29, 1.82) is 0 Å². The Kier molecular flexibility index (Phi) is 5.50. The maximum atomic E-state index is 12.8. The molecule has 1 aliphatic carbocycles. The summed E-state index contributed by atoms with van der Waals surface area (Å²) in [5.74, 6) is 1.91. The monoisotopic (exact) mass is 358 g/mol. The van der Waals surface area contributed by atoms with Gasteiger partial charge in [-0.1, -0.05) is 12.8 Å². The number of carbonyl (C=O) groups is 1. The summed E-state index contributed by atoms with van der Waals surface area (Å²) in [7, 11) is 0. The zero-order chi connectivity index (χ0) is 17.9. The standard InChI is InChI=1S/C20H30N4O2/c25-14-18-13-24(12-17(18)11-23-7-3-1-2-4-8-23)20(26)16-9-21-19(22-10-16)15-5-6-15/h9-10,15,17-18,25H,1-8,11-14H2/t17-,18-/m1/s1. The first-order chi connectivity index (χ1) is 12.7. The molecule has 4 rings (SSSR count). The van der Waals surface area contributed by atoms with E-state index in [9.17, 15) is 9.90 Å². The molecule has 6 heteroatoms. The number of nitrogens with zero attached hydrogens (tertiary/aromatic N) is 4. The van der Waals surface area contributed by atoms with Gasteiger partial charge < -0.3 is 14.9 Å². The van der Waals surface area contributed by atoms with Crippen LogP contribution in [0.15, 0.2) is 12.4 Å². The Morgan fingerprint density at radius 2 is 1.69 bits per heavy atom. The topological polar surface area (TPSA) is 69.6 Å². The molecule has 1 saturated carbocycles. The van der Waals surface area contributed by atoms with Gasteiger partial charge >= 0.3 is 0 Å². The van der Waals surface area contributed by atoms with Crippen LogP contribution in [0.4, 0.5) is 0 Å². The summed E-state index contributed by atoms with van der Waals surface area (Å²) < 4.78 is 0. The highest BCUT2D eigenvalue weighted by atomic mass is 16.3. The van der Waals surface area contributed by atoms with Crippen LogP contribution in [0.2, 0.25) is 0 Å². The second kappa shape index (κ2) is 8.01. The Bertz CT molecular complexity index is 609. The van der Waals surface area contributed by atoms with Crippen molar-refractivity contribution in [2.75, 3.05) is 39.3 Å². The maximum Gasteiger partial charge on any atom is 0.257 e. The third-order valence-electron chi connectivity index (χ3n) is 6.15. The molecule has 1 N–H and O–H groups in total. The number of aliphatic hydroxyl groups excluding tert-OH is 1. The van der Waals surface area contributed by atoms with Crippen molar-refractivity contribution in [3.8, 4) is 0 Å². The summed E-state index contributed by atoms with van der Waals surface area (Å²) in [5, 5.41) is 9.81. The predicted octanol–water partition coefficient (Wildman–Crippen LogP) is 1.91. The number of hydrogen-bond donors (Lipinski definition) is 1. The molecule has 0 unspecified atom stereocenters. The van der Waals surface area contributed by atoms with Crippen LogP contribution < -0.4 is 0 Å². The van der Waals surface area contributed by atoms with Gasteiger partial charge in [0.1, 0.15) is 5.82 Å². The lowest BCUT2D eigenvalue weighted by Crippen LogP contribution is -2.35. The SMILES string of the molecule is O=C(c1cnc(C2CC2)nc1)N1C[C@@H](CN2CCCCCC2)[C@@H](CO)C1. The van der Waals surface area contributed by atoms with Gasteiger partial charge in [-0.15, -0.1) is 0 Å². The first kappa shape index (κ1) is 17.9. The summed E-state index contributed by atoms with van der Waals surface area (Å²) in [5.41, 5.74) is 0.571. The van der Waals surface area contributed by atoms with Crippen molar-refractivity contribution in [1.82, 2.24) is 19.8 Å². The normalized spacial score (nSPS) is 27.5. The van der Waals surface area contributed by atoms with E-state index in [4.69, 9.17) is 0 Å². The minimum atomic E-state index is 0.00385. The van der Waals surface area contributed by atoms with E-state index in [1.165, 1.54) is 25.7 Å². The molecule has 2 aliphatic heterocycles. The van der Waals surface area contributed by atoms with Gasteiger partial charge in [0.15, 0.2) is 0 Å². The van der Waals surface area contributed by atoms with Gasteiger partial charge in [-0.3, -0.25) is 4.79 Å². The molecule has 3 fully saturated rings. The Labute approximate surface area is 155 Å². The smallest absolute Gasteiger partial charge is 0.257 e. The van der Waals surface area contributed by atoms with E-state index in [1.807, 2.05) is 4.90 Å². The fraction of sp³-hybridized carbons (Fsp3) is 0.750. The molecule has 3 heterocycles. The minimum absolute atomic E-state index is 0.00385. The quantitative estimate of drug-likeness (QED) is 0.871. The van der Waals surface area contributed by atoms with Crippen LogP contribution in [-0.2, 0) is 0 Å². The summed E-state index contributed by atoms with van der Waals surface area (Å²) >= 11 is 0. The van der Waals surface area contributed by atoms with Crippen LogP contribution in [0.5, 0.6) is 0 Å². The molecular formula is C20H30N4O2. The summed E-state index contributed by atoms with van der Waals surface area (Å²) in [6.07, 6.45) is 10.9. The fourth-order valence-electron chi connectivity index (χ4n) is 4.35. The summed E-state index contributed by atoms with van der Waals surface area (Å²) in [4.78, 5) is 26.0. The van der Waals surface area contributed by atoms with Crippen molar-refractivity contribution in [3.63, 3.8) is 0 Å². The third kappa shape index (κ3) is 4.07. The van der Waals surface area contributed by atoms with Crippen LogP contribution in [0.3, 0.4) is 0 Å². The van der Waals surface area contributed by atoms with Gasteiger partial charge in [0.25, 0.3) is 5.91 Å². The van der Waals surface area contributed by atoms with Gasteiger partial charge in [0, 0.05) is 50.5 Å². The van der Waals surface area contributed by atoms with Crippen molar-refractivity contribution in [3.05, 3.63) is 23.8 Å². The number of likely N-dealkylation sites (tertiary alicyclic amines) is 2. The first-order valence-corrected chi connectivity index (χ1v) is 10.2. The molecule has 2 atom stereocenters. The van der Waals surface area contributed by atoms with Crippen LogP contribution in [-0.4, -0.2) is 70.1 Å². The van der Waals surface area contributed by atoms with Gasteiger partial charge in [0.2, 0.25) is 0 Å². The zero-order valence-electron chi connectivity index (χ0n) is 15.5. The lowest BCUT2D eigenvalue weighted by molar-refractivity contribution is 0.0778. The second-order valence-electron chi connectivity index (χ2n) is 8.23. The van der Waals surface area contributed by atoms with E-state index in [2.05, 4.69) is 14.9 Å². The highest BCUT2D eigenvalue weighted by Crippen LogP contribution is 2.37. The van der Waals surface area contributed by atoms with Gasteiger partial charge in [0.05, 0.1) is 5.56 Å². The molecule has 26 heavy (non-hydrogen) atoms. The molecule has 0 bridgehead atoms. The first-order valence-electron chi connectivity index (χ1n) is 10.2. The van der Waals surface area contributed by atoms with Gasteiger partial charge in [-0.2, -0.15) is 0 Å². The van der Waals surface area contributed by atoms with Crippen LogP contribution in [0.1, 0.15) is 60.6 Å². The lowest BCUT2D eigenvalue weighted by atomic mass is 9.96. The Morgan fingerprint density at radius 1 is 1.04 bits per heavy atom. The number of carbonyl (C=O) groups excluding carboxylic acids is 1. The van der Waals surface area contributed by atoms with Crippen LogP contribution in [0.25, 0.3) is 0 Å². The van der Waals surface area contributed by atoms with E-state index >= 15 is 0 Å². The minimum Gasteiger partial charge on any atom is -0.396 e. The molecule has 142 valence electrons. The van der Waals surface area contributed by atoms with Crippen LogP contribution in [0, 0.1) is 11.8 Å². The Hall–Kier alpha value is -1.53. The maximum absolute atomic E-state index is 12.8. The van der Waals surface area contributed by atoms with Crippen molar-refractivity contribution in [2.45, 2.75) is 44.4 Å². The zero-order valence-corrected chi connectivity index (χ0v) is 15.5. The Balaban J connectivity index is 1.38. The van der Waals surface area contributed by atoms with Gasteiger partial charge in [-0.05, 0) is 44.7 Å². The van der Waals surface area contributed by atoms with E-state index in [-0.39, 0.29) is 18.4 Å². The molecule has 3 aliphatic rings. The number of aromatic nitrogens is 2. The lowest BCUT2D eigenvalue weighted by Gasteiger charge is -2.26. The van der Waals surface area contributed by atoms with E-state index in [0.29, 0.717) is 23.9 Å². The molecule has 0 radical (unpaired) electrons. The van der Waals surface area contributed by atoms with Crippen molar-refractivity contribution < 1.29 is 9.90 Å². The molecule has 1 amide bonds. The van der Waals surface area contributed by atoms with E-state index in [1.54, 1.807) is 12.4 Å². The summed E-state index contributed by atoms with van der Waals surface area (Å²) in [6.45, 7) is 4.81. The fourth-order valence-corrected chi connectivity index (χ4v) is 4.35. The van der Waals surface area contributed by atoms with E-state index in [0.717, 1.165) is 44.8 Å². The molecule has 0 aromatic carbocycles. The van der Waals surface area contributed by atoms with Crippen molar-refractivity contribution >= 4 is 5.91 Å². The number of rotatable bonds is 5. The summed E-state index contributed by atoms with van der Waals surface area (Å²) in [6, 6.07) is 0. The second-order valence-corrected chi connectivity index (χ2v) is 8.23. The molecule has 1 aromatic rings. The average Bonchev–Trinajstić information content (AvgIpc) is 3.47. The van der Waals surface area contributed by atoms with Crippen LogP contribution >= 0.6 is 0 Å². The molecule has 0 spiro atoms. The molecule has 6 nitrogen and oxygen atoms in total. The van der Waals surface area contributed by atoms with Gasteiger partial charge in [-0.25, -0.2) is 9.97 Å². The third-order valence-corrected chi connectivity index (χ3v) is 6.15. The van der Waals surface area contributed by atoms with E-state index < -0.39 is 0 Å². The molecular weight excluding hydrogens is 328 g/mol. The largest absolute Gasteiger partial charge is 0.396 e. The number of hydrogen-bond acceptors (Lipinski definition) is 5. The number of amides is 1. The molecule has 2 saturated heterocycles. The Morgan fingerprint density at radius 3 is 2.31 bits per heavy atom. The highest BCUT2D eigenvalue weighted by Gasteiger charge is 2.36. The highest BCUT2D eigenvalue weighted by molar-refractivity contribution is 5.93. The average molecular weight is 358 g/mol. The number of aliphatic hydroxyl groups is 1. The molecule has 1 aromatic heterocycles. The van der Waals surface area contributed by atoms with Crippen molar-refractivity contribution in [2.24, 2.45) is 11.8 Å². The predicted molar refractivity (Wildman–Crippen MR) is 98.9 cm³/mol.